The average Bonchev–Trinajstić information content (AvgIpc) is 2.78. The highest BCUT2D eigenvalue weighted by atomic mass is 16.5. The lowest BCUT2D eigenvalue weighted by molar-refractivity contribution is 0.169. The summed E-state index contributed by atoms with van der Waals surface area (Å²) in [7, 11) is 0. The van der Waals surface area contributed by atoms with Crippen molar-refractivity contribution in [1.29, 1.82) is 0 Å². The molecule has 1 aromatic rings. The molecule has 2 aliphatic rings. The maximum absolute atomic E-state index is 9.15. The largest absolute Gasteiger partial charge is 0.460 e. The molecule has 0 saturated carbocycles. The molecule has 0 aromatic heterocycles. The Morgan fingerprint density at radius 2 is 2.00 bits per heavy atom. The number of rotatable bonds is 2. The van der Waals surface area contributed by atoms with E-state index in [2.05, 4.69) is 17.0 Å². The summed E-state index contributed by atoms with van der Waals surface area (Å²) in [5.74, 6) is 1.83. The molecule has 1 aromatic carbocycles. The molecule has 3 rings (SSSR count). The summed E-state index contributed by atoms with van der Waals surface area (Å²) in [4.78, 5) is 2.47. The quantitative estimate of drug-likeness (QED) is 0.869. The van der Waals surface area contributed by atoms with Gasteiger partial charge in [0.15, 0.2) is 0 Å². The van der Waals surface area contributed by atoms with E-state index in [1.165, 1.54) is 24.8 Å². The number of aliphatic hydroxyl groups excluding tert-OH is 1. The van der Waals surface area contributed by atoms with Crippen molar-refractivity contribution in [2.45, 2.75) is 25.3 Å². The molecule has 0 spiro atoms. The number of nitrogens with zero attached hydrogens (tertiary/aromatic N) is 1. The molecule has 2 heterocycles. The SMILES string of the molecule is OC/C=C1/Oc2ccccc2C1N1CCCCC1. The van der Waals surface area contributed by atoms with Crippen LogP contribution in [0.25, 0.3) is 0 Å². The molecule has 0 aliphatic carbocycles. The highest BCUT2D eigenvalue weighted by molar-refractivity contribution is 5.45. The third-order valence-electron chi connectivity index (χ3n) is 3.76. The molecular formula is C15H19NO2. The first-order valence-corrected chi connectivity index (χ1v) is 6.72. The molecule has 1 N–H and O–H groups in total. The Kier molecular flexibility index (Phi) is 3.35. The second-order valence-corrected chi connectivity index (χ2v) is 4.93. The van der Waals surface area contributed by atoms with Crippen LogP contribution in [0.15, 0.2) is 36.1 Å². The van der Waals surface area contributed by atoms with Crippen LogP contribution in [-0.2, 0) is 0 Å². The summed E-state index contributed by atoms with van der Waals surface area (Å²) in [5.41, 5.74) is 1.24. The number of aliphatic hydroxyl groups is 1. The Bertz CT molecular complexity index is 450. The van der Waals surface area contributed by atoms with Gasteiger partial charge in [0.2, 0.25) is 0 Å². The second-order valence-electron chi connectivity index (χ2n) is 4.93. The third-order valence-corrected chi connectivity index (χ3v) is 3.76. The van der Waals surface area contributed by atoms with Crippen LogP contribution < -0.4 is 4.74 Å². The van der Waals surface area contributed by atoms with Crippen molar-refractivity contribution in [3.05, 3.63) is 41.7 Å². The van der Waals surface area contributed by atoms with Gasteiger partial charge < -0.3 is 9.84 Å². The molecular weight excluding hydrogens is 226 g/mol. The summed E-state index contributed by atoms with van der Waals surface area (Å²) >= 11 is 0. The monoisotopic (exact) mass is 245 g/mol. The minimum absolute atomic E-state index is 0.0354. The normalized spacial score (nSPS) is 26.1. The fourth-order valence-corrected chi connectivity index (χ4v) is 2.93. The highest BCUT2D eigenvalue weighted by Gasteiger charge is 2.34. The number of hydrogen-bond donors (Lipinski definition) is 1. The fraction of sp³-hybridized carbons (Fsp3) is 0.467. The Morgan fingerprint density at radius 3 is 2.78 bits per heavy atom. The van der Waals surface area contributed by atoms with Crippen LogP contribution in [-0.4, -0.2) is 29.7 Å². The van der Waals surface area contributed by atoms with Crippen molar-refractivity contribution in [1.82, 2.24) is 4.90 Å². The lowest BCUT2D eigenvalue weighted by Crippen LogP contribution is -2.33. The van der Waals surface area contributed by atoms with Gasteiger partial charge in [-0.3, -0.25) is 4.90 Å². The first kappa shape index (κ1) is 11.8. The minimum Gasteiger partial charge on any atom is -0.460 e. The van der Waals surface area contributed by atoms with E-state index in [-0.39, 0.29) is 12.6 Å². The number of ether oxygens (including phenoxy) is 1. The van der Waals surface area contributed by atoms with E-state index in [4.69, 9.17) is 9.84 Å². The molecule has 1 fully saturated rings. The Labute approximate surface area is 108 Å². The molecule has 18 heavy (non-hydrogen) atoms. The zero-order valence-corrected chi connectivity index (χ0v) is 10.5. The summed E-state index contributed by atoms with van der Waals surface area (Å²) in [6.45, 7) is 2.27. The summed E-state index contributed by atoms with van der Waals surface area (Å²) < 4.78 is 5.87. The smallest absolute Gasteiger partial charge is 0.132 e. The van der Waals surface area contributed by atoms with Gasteiger partial charge in [0, 0.05) is 5.56 Å². The molecule has 0 radical (unpaired) electrons. The van der Waals surface area contributed by atoms with Crippen molar-refractivity contribution in [2.75, 3.05) is 19.7 Å². The molecule has 1 saturated heterocycles. The van der Waals surface area contributed by atoms with Crippen molar-refractivity contribution < 1.29 is 9.84 Å². The maximum atomic E-state index is 9.15. The van der Waals surface area contributed by atoms with E-state index in [0.717, 1.165) is 24.6 Å². The van der Waals surface area contributed by atoms with Crippen molar-refractivity contribution in [2.24, 2.45) is 0 Å². The van der Waals surface area contributed by atoms with E-state index in [1.54, 1.807) is 6.08 Å². The van der Waals surface area contributed by atoms with E-state index in [9.17, 15) is 0 Å². The average molecular weight is 245 g/mol. The van der Waals surface area contributed by atoms with Crippen molar-refractivity contribution in [3.63, 3.8) is 0 Å². The Hall–Kier alpha value is -1.32. The molecule has 96 valence electrons. The van der Waals surface area contributed by atoms with E-state index in [1.807, 2.05) is 12.1 Å². The van der Waals surface area contributed by atoms with Crippen molar-refractivity contribution in [3.8, 4) is 5.75 Å². The molecule has 0 amide bonds. The predicted molar refractivity (Wildman–Crippen MR) is 70.4 cm³/mol. The van der Waals surface area contributed by atoms with Gasteiger partial charge in [0.05, 0.1) is 12.6 Å². The molecule has 2 aliphatic heterocycles. The topological polar surface area (TPSA) is 32.7 Å². The number of hydrogen-bond acceptors (Lipinski definition) is 3. The van der Waals surface area contributed by atoms with Gasteiger partial charge in [-0.2, -0.15) is 0 Å². The van der Waals surface area contributed by atoms with Gasteiger partial charge >= 0.3 is 0 Å². The van der Waals surface area contributed by atoms with Gasteiger partial charge in [-0.15, -0.1) is 0 Å². The van der Waals surface area contributed by atoms with Gasteiger partial charge in [-0.05, 0) is 38.1 Å². The number of likely N-dealkylation sites (tertiary alicyclic amines) is 1. The van der Waals surface area contributed by atoms with Crippen molar-refractivity contribution >= 4 is 0 Å². The number of fused-ring (bicyclic) bond motifs is 1. The van der Waals surface area contributed by atoms with Gasteiger partial charge in [0.25, 0.3) is 0 Å². The maximum Gasteiger partial charge on any atom is 0.132 e. The summed E-state index contributed by atoms with van der Waals surface area (Å²) in [5, 5.41) is 9.15. The predicted octanol–water partition coefficient (Wildman–Crippen LogP) is 2.48. The number of para-hydroxylation sites is 1. The molecule has 1 unspecified atom stereocenters. The number of benzene rings is 1. The van der Waals surface area contributed by atoms with Crippen LogP contribution in [0.1, 0.15) is 30.9 Å². The van der Waals surface area contributed by atoms with Crippen LogP contribution in [0, 0.1) is 0 Å². The van der Waals surface area contributed by atoms with Gasteiger partial charge in [-0.1, -0.05) is 24.6 Å². The first-order valence-electron chi connectivity index (χ1n) is 6.72. The van der Waals surface area contributed by atoms with Gasteiger partial charge in [-0.25, -0.2) is 0 Å². The number of piperidine rings is 1. The zero-order valence-electron chi connectivity index (χ0n) is 10.5. The minimum atomic E-state index is 0.0354. The van der Waals surface area contributed by atoms with Crippen LogP contribution in [0.2, 0.25) is 0 Å². The molecule has 1 atom stereocenters. The van der Waals surface area contributed by atoms with Crippen LogP contribution in [0.3, 0.4) is 0 Å². The molecule has 3 heteroatoms. The van der Waals surface area contributed by atoms with E-state index in [0.29, 0.717) is 0 Å². The Balaban J connectivity index is 1.94. The summed E-state index contributed by atoms with van der Waals surface area (Å²) in [6, 6.07) is 8.39. The first-order chi connectivity index (χ1) is 8.90. The molecule has 3 nitrogen and oxygen atoms in total. The summed E-state index contributed by atoms with van der Waals surface area (Å²) in [6.07, 6.45) is 5.63. The lowest BCUT2D eigenvalue weighted by atomic mass is 10.0. The highest BCUT2D eigenvalue weighted by Crippen LogP contribution is 2.43. The van der Waals surface area contributed by atoms with Crippen LogP contribution in [0.5, 0.6) is 5.75 Å². The van der Waals surface area contributed by atoms with Crippen LogP contribution >= 0.6 is 0 Å². The lowest BCUT2D eigenvalue weighted by Gasteiger charge is -2.32. The van der Waals surface area contributed by atoms with E-state index >= 15 is 0 Å². The fourth-order valence-electron chi connectivity index (χ4n) is 2.93. The van der Waals surface area contributed by atoms with Gasteiger partial charge in [0.1, 0.15) is 11.5 Å². The Morgan fingerprint density at radius 1 is 1.22 bits per heavy atom. The standard InChI is InChI=1S/C15H19NO2/c17-11-8-14-15(16-9-4-1-5-10-16)12-6-2-3-7-13(12)18-14/h2-3,6-8,15,17H,1,4-5,9-11H2/b14-8+. The van der Waals surface area contributed by atoms with E-state index < -0.39 is 0 Å². The third kappa shape index (κ3) is 2.04. The second kappa shape index (κ2) is 5.12. The molecule has 0 bridgehead atoms. The zero-order chi connectivity index (χ0) is 12.4. The van der Waals surface area contributed by atoms with Crippen LogP contribution in [0.4, 0.5) is 0 Å².